The van der Waals surface area contributed by atoms with Crippen molar-refractivity contribution < 1.29 is 9.90 Å². The summed E-state index contributed by atoms with van der Waals surface area (Å²) in [5.41, 5.74) is 2.04. The van der Waals surface area contributed by atoms with Crippen LogP contribution in [0.1, 0.15) is 19.4 Å². The number of nitrogens with one attached hydrogen (secondary N) is 1. The third kappa shape index (κ3) is 4.61. The van der Waals surface area contributed by atoms with Gasteiger partial charge in [-0.05, 0) is 50.3 Å². The van der Waals surface area contributed by atoms with Crippen LogP contribution in [0.3, 0.4) is 0 Å². The molecule has 2 rings (SSSR count). The lowest BCUT2D eigenvalue weighted by molar-refractivity contribution is -0.112. The van der Waals surface area contributed by atoms with E-state index in [1.165, 1.54) is 12.1 Å². The molecule has 0 atom stereocenters. The summed E-state index contributed by atoms with van der Waals surface area (Å²) in [5, 5.41) is 21.7. The van der Waals surface area contributed by atoms with Crippen LogP contribution in [0, 0.1) is 11.3 Å². The molecular weight excluding hydrogens is 314 g/mol. The van der Waals surface area contributed by atoms with E-state index in [0.717, 1.165) is 18.8 Å². The average molecular weight is 335 g/mol. The van der Waals surface area contributed by atoms with Crippen LogP contribution in [-0.2, 0) is 4.79 Å². The van der Waals surface area contributed by atoms with Gasteiger partial charge in [0.2, 0.25) is 0 Å². The van der Waals surface area contributed by atoms with Gasteiger partial charge in [0.25, 0.3) is 5.91 Å². The number of phenolic OH excluding ortho intramolecular Hbond substituents is 1. The number of carbonyl (C=O) groups is 1. The van der Waals surface area contributed by atoms with Gasteiger partial charge in [-0.2, -0.15) is 5.26 Å². The minimum absolute atomic E-state index is 0.0200. The third-order valence-corrected chi connectivity index (χ3v) is 3.86. The molecule has 0 aliphatic heterocycles. The van der Waals surface area contributed by atoms with Crippen LogP contribution in [0.5, 0.6) is 5.75 Å². The van der Waals surface area contributed by atoms with Crippen molar-refractivity contribution in [2.24, 2.45) is 0 Å². The van der Waals surface area contributed by atoms with E-state index in [9.17, 15) is 15.2 Å². The first-order valence-electron chi connectivity index (χ1n) is 8.15. The Morgan fingerprint density at radius 1 is 1.16 bits per heavy atom. The highest BCUT2D eigenvalue weighted by Crippen LogP contribution is 2.21. The molecular formula is C20H21N3O2. The summed E-state index contributed by atoms with van der Waals surface area (Å²) in [6, 6.07) is 15.9. The highest BCUT2D eigenvalue weighted by atomic mass is 16.3. The average Bonchev–Trinajstić information content (AvgIpc) is 2.63. The number of amides is 1. The van der Waals surface area contributed by atoms with Crippen LogP contribution < -0.4 is 10.2 Å². The number of nitriles is 1. The number of aromatic hydroxyl groups is 1. The Morgan fingerprint density at radius 3 is 2.36 bits per heavy atom. The molecule has 5 nitrogen and oxygen atoms in total. The van der Waals surface area contributed by atoms with Crippen molar-refractivity contribution in [2.75, 3.05) is 23.3 Å². The fourth-order valence-corrected chi connectivity index (χ4v) is 2.46. The van der Waals surface area contributed by atoms with Crippen LogP contribution in [0.25, 0.3) is 6.08 Å². The van der Waals surface area contributed by atoms with Gasteiger partial charge in [-0.25, -0.2) is 0 Å². The highest BCUT2D eigenvalue weighted by Gasteiger charge is 2.11. The summed E-state index contributed by atoms with van der Waals surface area (Å²) in [5.74, 6) is -0.493. The van der Waals surface area contributed by atoms with E-state index in [4.69, 9.17) is 0 Å². The molecule has 0 aromatic heterocycles. The zero-order valence-electron chi connectivity index (χ0n) is 14.4. The lowest BCUT2D eigenvalue weighted by Crippen LogP contribution is -2.21. The van der Waals surface area contributed by atoms with E-state index in [2.05, 4.69) is 24.1 Å². The molecule has 1 amide bonds. The molecule has 2 aromatic rings. The number of hydrogen-bond acceptors (Lipinski definition) is 4. The Morgan fingerprint density at radius 2 is 1.80 bits per heavy atom. The molecule has 0 bridgehead atoms. The van der Waals surface area contributed by atoms with Crippen molar-refractivity contribution >= 4 is 23.4 Å². The first-order valence-corrected chi connectivity index (χ1v) is 8.15. The van der Waals surface area contributed by atoms with Gasteiger partial charge in [0.1, 0.15) is 17.4 Å². The van der Waals surface area contributed by atoms with Crippen LogP contribution in [0.4, 0.5) is 11.4 Å². The van der Waals surface area contributed by atoms with Gasteiger partial charge >= 0.3 is 0 Å². The smallest absolute Gasteiger partial charge is 0.266 e. The molecule has 5 heteroatoms. The monoisotopic (exact) mass is 335 g/mol. The Balaban J connectivity index is 2.15. The first-order chi connectivity index (χ1) is 12.1. The number of anilines is 2. The Kier molecular flexibility index (Phi) is 6.19. The Labute approximate surface area is 147 Å². The normalized spacial score (nSPS) is 10.8. The molecule has 0 heterocycles. The summed E-state index contributed by atoms with van der Waals surface area (Å²) >= 11 is 0. The molecule has 0 fully saturated rings. The maximum atomic E-state index is 12.3. The Hall–Kier alpha value is -3.26. The zero-order chi connectivity index (χ0) is 18.2. The van der Waals surface area contributed by atoms with Crippen molar-refractivity contribution in [3.63, 3.8) is 0 Å². The molecule has 128 valence electrons. The SMILES string of the molecule is CCN(CC)c1ccc(NC(=O)/C(C#N)=C\c2ccccc2O)cc1. The molecule has 0 unspecified atom stereocenters. The molecule has 25 heavy (non-hydrogen) atoms. The quantitative estimate of drug-likeness (QED) is 0.622. The second kappa shape index (κ2) is 8.55. The number of rotatable bonds is 6. The van der Waals surface area contributed by atoms with Crippen LogP contribution in [0.2, 0.25) is 0 Å². The van der Waals surface area contributed by atoms with Crippen LogP contribution in [-0.4, -0.2) is 24.1 Å². The molecule has 2 aromatic carbocycles. The van der Waals surface area contributed by atoms with Crippen molar-refractivity contribution in [3.8, 4) is 11.8 Å². The summed E-state index contributed by atoms with van der Waals surface area (Å²) in [7, 11) is 0. The van der Waals surface area contributed by atoms with Crippen LogP contribution in [0.15, 0.2) is 54.1 Å². The van der Waals surface area contributed by atoms with Gasteiger partial charge in [-0.1, -0.05) is 18.2 Å². The fourth-order valence-electron chi connectivity index (χ4n) is 2.46. The van der Waals surface area contributed by atoms with E-state index in [-0.39, 0.29) is 11.3 Å². The summed E-state index contributed by atoms with van der Waals surface area (Å²) in [6.45, 7) is 5.98. The maximum Gasteiger partial charge on any atom is 0.266 e. The molecule has 0 spiro atoms. The second-order valence-electron chi connectivity index (χ2n) is 5.40. The van der Waals surface area contributed by atoms with E-state index in [1.54, 1.807) is 30.3 Å². The fraction of sp³-hybridized carbons (Fsp3) is 0.200. The predicted molar refractivity (Wildman–Crippen MR) is 100 cm³/mol. The Bertz CT molecular complexity index is 800. The van der Waals surface area contributed by atoms with E-state index < -0.39 is 5.91 Å². The highest BCUT2D eigenvalue weighted by molar-refractivity contribution is 6.09. The van der Waals surface area contributed by atoms with Crippen molar-refractivity contribution in [1.29, 1.82) is 5.26 Å². The molecule has 0 radical (unpaired) electrons. The number of benzene rings is 2. The number of para-hydroxylation sites is 1. The van der Waals surface area contributed by atoms with Gasteiger partial charge in [0.05, 0.1) is 0 Å². The number of phenols is 1. The minimum Gasteiger partial charge on any atom is -0.507 e. The van der Waals surface area contributed by atoms with Gasteiger partial charge in [-0.3, -0.25) is 4.79 Å². The van der Waals surface area contributed by atoms with Crippen molar-refractivity contribution in [3.05, 3.63) is 59.7 Å². The van der Waals surface area contributed by atoms with Crippen LogP contribution >= 0.6 is 0 Å². The third-order valence-electron chi connectivity index (χ3n) is 3.86. The number of nitrogens with zero attached hydrogens (tertiary/aromatic N) is 2. The van der Waals surface area contributed by atoms with E-state index >= 15 is 0 Å². The summed E-state index contributed by atoms with van der Waals surface area (Å²) in [4.78, 5) is 14.5. The maximum absolute atomic E-state index is 12.3. The molecule has 0 aliphatic rings. The zero-order valence-corrected chi connectivity index (χ0v) is 14.4. The second-order valence-corrected chi connectivity index (χ2v) is 5.40. The molecule has 2 N–H and O–H groups in total. The topological polar surface area (TPSA) is 76.4 Å². The van der Waals surface area contributed by atoms with Gasteiger partial charge < -0.3 is 15.3 Å². The summed E-state index contributed by atoms with van der Waals surface area (Å²) < 4.78 is 0. The van der Waals surface area contributed by atoms with Gasteiger partial charge in [-0.15, -0.1) is 0 Å². The first kappa shape index (κ1) is 18.1. The number of carbonyl (C=O) groups excluding carboxylic acids is 1. The van der Waals surface area contributed by atoms with Gasteiger partial charge in [0, 0.05) is 30.0 Å². The predicted octanol–water partition coefficient (Wildman–Crippen LogP) is 3.78. The summed E-state index contributed by atoms with van der Waals surface area (Å²) in [6.07, 6.45) is 1.37. The largest absolute Gasteiger partial charge is 0.507 e. The van der Waals surface area contributed by atoms with Crippen molar-refractivity contribution in [1.82, 2.24) is 0 Å². The van der Waals surface area contributed by atoms with E-state index in [1.807, 2.05) is 18.2 Å². The van der Waals surface area contributed by atoms with Crippen molar-refractivity contribution in [2.45, 2.75) is 13.8 Å². The van der Waals surface area contributed by atoms with E-state index in [0.29, 0.717) is 11.3 Å². The van der Waals surface area contributed by atoms with Gasteiger partial charge in [0.15, 0.2) is 0 Å². The lowest BCUT2D eigenvalue weighted by Gasteiger charge is -2.21. The molecule has 0 aliphatic carbocycles. The minimum atomic E-state index is -0.513. The number of hydrogen-bond donors (Lipinski definition) is 2. The molecule has 0 saturated heterocycles. The molecule has 0 saturated carbocycles. The lowest BCUT2D eigenvalue weighted by atomic mass is 10.1. The standard InChI is InChI=1S/C20H21N3O2/c1-3-23(4-2)18-11-9-17(10-12-18)22-20(25)16(14-21)13-15-7-5-6-8-19(15)24/h5-13,24H,3-4H2,1-2H3,(H,22,25)/b16-13-.